The molecule has 90 valence electrons. The summed E-state index contributed by atoms with van der Waals surface area (Å²) in [5.41, 5.74) is 1.20. The van der Waals surface area contributed by atoms with Crippen LogP contribution in [0, 0.1) is 0 Å². The minimum Gasteiger partial charge on any atom is -0.467 e. The summed E-state index contributed by atoms with van der Waals surface area (Å²) in [5, 5.41) is 3.51. The first-order valence-corrected chi connectivity index (χ1v) is 6.63. The van der Waals surface area contributed by atoms with Crippen molar-refractivity contribution in [2.45, 2.75) is 19.4 Å². The largest absolute Gasteiger partial charge is 0.467 e. The van der Waals surface area contributed by atoms with Crippen molar-refractivity contribution in [1.29, 1.82) is 0 Å². The summed E-state index contributed by atoms with van der Waals surface area (Å²) in [7, 11) is 0. The first-order chi connectivity index (χ1) is 8.33. The van der Waals surface area contributed by atoms with Gasteiger partial charge in [-0.25, -0.2) is 0 Å². The highest BCUT2D eigenvalue weighted by molar-refractivity contribution is 9.10. The van der Waals surface area contributed by atoms with Gasteiger partial charge >= 0.3 is 0 Å². The zero-order valence-corrected chi connectivity index (χ0v) is 11.4. The first-order valence-electron chi connectivity index (χ1n) is 5.84. The van der Waals surface area contributed by atoms with E-state index in [0.29, 0.717) is 0 Å². The Hall–Kier alpha value is -1.06. The smallest absolute Gasteiger partial charge is 0.125 e. The van der Waals surface area contributed by atoms with E-state index >= 15 is 0 Å². The number of halogens is 1. The highest BCUT2D eigenvalue weighted by Gasteiger charge is 2.17. The highest BCUT2D eigenvalue weighted by Crippen LogP contribution is 2.28. The van der Waals surface area contributed by atoms with Gasteiger partial charge in [0.2, 0.25) is 0 Å². The summed E-state index contributed by atoms with van der Waals surface area (Å²) in [5.74, 6) is 0.949. The fraction of sp³-hybridized carbons (Fsp3) is 0.286. The zero-order valence-electron chi connectivity index (χ0n) is 9.82. The second-order valence-electron chi connectivity index (χ2n) is 3.92. The molecule has 0 amide bonds. The summed E-state index contributed by atoms with van der Waals surface area (Å²) in [6.07, 6.45) is 2.81. The van der Waals surface area contributed by atoms with E-state index in [1.54, 1.807) is 6.26 Å². The topological polar surface area (TPSA) is 25.2 Å². The fourth-order valence-corrected chi connectivity index (χ4v) is 2.33. The van der Waals surface area contributed by atoms with Crippen molar-refractivity contribution in [3.63, 3.8) is 0 Å². The molecule has 0 fully saturated rings. The number of benzene rings is 1. The lowest BCUT2D eigenvalue weighted by molar-refractivity contribution is 0.446. The van der Waals surface area contributed by atoms with Crippen molar-refractivity contribution < 1.29 is 4.42 Å². The van der Waals surface area contributed by atoms with Crippen LogP contribution < -0.4 is 5.32 Å². The SMILES string of the molecule is CCCNC(c1ccco1)c1ccccc1Br. The third-order valence-electron chi connectivity index (χ3n) is 2.64. The van der Waals surface area contributed by atoms with Crippen molar-refractivity contribution >= 4 is 15.9 Å². The van der Waals surface area contributed by atoms with Gasteiger partial charge in [0.25, 0.3) is 0 Å². The number of hydrogen-bond donors (Lipinski definition) is 1. The van der Waals surface area contributed by atoms with E-state index in [0.717, 1.165) is 23.2 Å². The minimum atomic E-state index is 0.112. The average molecular weight is 294 g/mol. The molecule has 1 aromatic carbocycles. The molecule has 0 aliphatic heterocycles. The Morgan fingerprint density at radius 1 is 1.24 bits per heavy atom. The standard InChI is InChI=1S/C14H16BrNO/c1-2-9-16-14(13-8-5-10-17-13)11-6-3-4-7-12(11)15/h3-8,10,14,16H,2,9H2,1H3. The molecule has 1 unspecified atom stereocenters. The van der Waals surface area contributed by atoms with Crippen LogP contribution in [0.5, 0.6) is 0 Å². The van der Waals surface area contributed by atoms with Gasteiger partial charge < -0.3 is 9.73 Å². The van der Waals surface area contributed by atoms with Crippen LogP contribution in [-0.4, -0.2) is 6.54 Å². The lowest BCUT2D eigenvalue weighted by atomic mass is 10.0. The second-order valence-corrected chi connectivity index (χ2v) is 4.78. The van der Waals surface area contributed by atoms with Gasteiger partial charge in [-0.15, -0.1) is 0 Å². The summed E-state index contributed by atoms with van der Waals surface area (Å²) in [4.78, 5) is 0. The summed E-state index contributed by atoms with van der Waals surface area (Å²) < 4.78 is 6.62. The van der Waals surface area contributed by atoms with Crippen molar-refractivity contribution in [3.8, 4) is 0 Å². The molecule has 2 aromatic rings. The molecule has 0 radical (unpaired) electrons. The highest BCUT2D eigenvalue weighted by atomic mass is 79.9. The van der Waals surface area contributed by atoms with Crippen LogP contribution in [0.15, 0.2) is 51.6 Å². The van der Waals surface area contributed by atoms with Crippen molar-refractivity contribution in [2.24, 2.45) is 0 Å². The number of furan rings is 1. The zero-order chi connectivity index (χ0) is 12.1. The summed E-state index contributed by atoms with van der Waals surface area (Å²) in [6.45, 7) is 3.12. The average Bonchev–Trinajstić information content (AvgIpc) is 2.85. The Morgan fingerprint density at radius 2 is 2.06 bits per heavy atom. The van der Waals surface area contributed by atoms with Crippen LogP contribution in [-0.2, 0) is 0 Å². The third kappa shape index (κ3) is 2.99. The molecule has 1 aromatic heterocycles. The van der Waals surface area contributed by atoms with Crippen LogP contribution in [0.25, 0.3) is 0 Å². The molecule has 0 saturated heterocycles. The molecule has 1 atom stereocenters. The van der Waals surface area contributed by atoms with Gasteiger partial charge in [-0.05, 0) is 36.7 Å². The van der Waals surface area contributed by atoms with Gasteiger partial charge in [-0.2, -0.15) is 0 Å². The van der Waals surface area contributed by atoms with E-state index in [4.69, 9.17) is 4.42 Å². The van der Waals surface area contributed by atoms with Gasteiger partial charge in [0, 0.05) is 4.47 Å². The molecule has 0 aliphatic rings. The molecule has 2 rings (SSSR count). The lowest BCUT2D eigenvalue weighted by Crippen LogP contribution is -2.23. The lowest BCUT2D eigenvalue weighted by Gasteiger charge is -2.18. The normalized spacial score (nSPS) is 12.6. The molecular formula is C14H16BrNO. The van der Waals surface area contributed by atoms with Crippen LogP contribution >= 0.6 is 15.9 Å². The maximum Gasteiger partial charge on any atom is 0.125 e. The maximum absolute atomic E-state index is 5.52. The van der Waals surface area contributed by atoms with Crippen LogP contribution in [0.1, 0.15) is 30.7 Å². The molecule has 0 bridgehead atoms. The molecule has 0 aliphatic carbocycles. The molecule has 3 heteroatoms. The van der Waals surface area contributed by atoms with Gasteiger partial charge in [0.05, 0.1) is 12.3 Å². The van der Waals surface area contributed by atoms with E-state index in [-0.39, 0.29) is 6.04 Å². The first kappa shape index (κ1) is 12.4. The molecule has 1 heterocycles. The van der Waals surface area contributed by atoms with Crippen LogP contribution in [0.2, 0.25) is 0 Å². The fourth-order valence-electron chi connectivity index (χ4n) is 1.82. The van der Waals surface area contributed by atoms with Gasteiger partial charge in [0.15, 0.2) is 0 Å². The van der Waals surface area contributed by atoms with Gasteiger partial charge in [-0.3, -0.25) is 0 Å². The van der Waals surface area contributed by atoms with E-state index in [2.05, 4.69) is 40.3 Å². The van der Waals surface area contributed by atoms with Gasteiger partial charge in [0.1, 0.15) is 5.76 Å². The number of rotatable bonds is 5. The third-order valence-corrected chi connectivity index (χ3v) is 3.36. The molecular weight excluding hydrogens is 278 g/mol. The Balaban J connectivity index is 2.30. The maximum atomic E-state index is 5.52. The molecule has 0 saturated carbocycles. The Bertz CT molecular complexity index is 453. The molecule has 0 spiro atoms. The van der Waals surface area contributed by atoms with Crippen molar-refractivity contribution in [1.82, 2.24) is 5.32 Å². The quantitative estimate of drug-likeness (QED) is 0.897. The van der Waals surface area contributed by atoms with Crippen LogP contribution in [0.4, 0.5) is 0 Å². The minimum absolute atomic E-state index is 0.112. The van der Waals surface area contributed by atoms with E-state index in [1.165, 1.54) is 5.56 Å². The summed E-state index contributed by atoms with van der Waals surface area (Å²) in [6, 6.07) is 12.3. The predicted octanol–water partition coefficient (Wildman–Crippen LogP) is 4.13. The Morgan fingerprint density at radius 3 is 2.71 bits per heavy atom. The Kier molecular flexibility index (Phi) is 4.40. The Labute approximate surface area is 110 Å². The van der Waals surface area contributed by atoms with E-state index < -0.39 is 0 Å². The van der Waals surface area contributed by atoms with Crippen LogP contribution in [0.3, 0.4) is 0 Å². The molecule has 17 heavy (non-hydrogen) atoms. The monoisotopic (exact) mass is 293 g/mol. The predicted molar refractivity (Wildman–Crippen MR) is 73.0 cm³/mol. The van der Waals surface area contributed by atoms with Crippen molar-refractivity contribution in [2.75, 3.05) is 6.54 Å². The number of nitrogens with one attached hydrogen (secondary N) is 1. The van der Waals surface area contributed by atoms with Gasteiger partial charge in [-0.1, -0.05) is 41.1 Å². The number of hydrogen-bond acceptors (Lipinski definition) is 2. The van der Waals surface area contributed by atoms with Crippen molar-refractivity contribution in [3.05, 3.63) is 58.5 Å². The van der Waals surface area contributed by atoms with E-state index in [1.807, 2.05) is 24.3 Å². The molecule has 1 N–H and O–H groups in total. The second kappa shape index (κ2) is 6.03. The molecule has 2 nitrogen and oxygen atoms in total. The summed E-state index contributed by atoms with van der Waals surface area (Å²) >= 11 is 3.59. The van der Waals surface area contributed by atoms with E-state index in [9.17, 15) is 0 Å².